The average Bonchev–Trinajstić information content (AvgIpc) is 2.55. The van der Waals surface area contributed by atoms with Gasteiger partial charge in [0.25, 0.3) is 0 Å². The highest BCUT2D eigenvalue weighted by atomic mass is 16.5. The zero-order valence-corrected chi connectivity index (χ0v) is 13.2. The summed E-state index contributed by atoms with van der Waals surface area (Å²) in [6, 6.07) is 15.0. The highest BCUT2D eigenvalue weighted by molar-refractivity contribution is 5.45. The number of ether oxygens (including phenoxy) is 1. The number of terminal acetylenes is 1. The maximum absolute atomic E-state index is 10.9. The van der Waals surface area contributed by atoms with Gasteiger partial charge in [-0.15, -0.1) is 6.42 Å². The summed E-state index contributed by atoms with van der Waals surface area (Å²) >= 11 is 0. The van der Waals surface area contributed by atoms with Gasteiger partial charge in [-0.1, -0.05) is 61.2 Å². The van der Waals surface area contributed by atoms with Gasteiger partial charge in [0.2, 0.25) is 0 Å². The first-order chi connectivity index (χ1) is 10.6. The Balaban J connectivity index is 2.24. The third-order valence-electron chi connectivity index (χ3n) is 3.72. The summed E-state index contributed by atoms with van der Waals surface area (Å²) in [6.07, 6.45) is 7.74. The largest absolute Gasteiger partial charge is 0.494 e. The second-order valence-electron chi connectivity index (χ2n) is 5.45. The molecular weight excluding hydrogens is 272 g/mol. The minimum absolute atomic E-state index is 0.668. The molecule has 2 rings (SSSR count). The molecule has 0 aliphatic rings. The lowest BCUT2D eigenvalue weighted by Crippen LogP contribution is -2.24. The number of aryl methyl sites for hydroxylation is 1. The molecule has 2 nitrogen and oxygen atoms in total. The summed E-state index contributed by atoms with van der Waals surface area (Å²) in [7, 11) is 0. The molecule has 22 heavy (non-hydrogen) atoms. The van der Waals surface area contributed by atoms with E-state index in [0.29, 0.717) is 17.7 Å². The maximum atomic E-state index is 10.9. The van der Waals surface area contributed by atoms with E-state index in [9.17, 15) is 5.11 Å². The Morgan fingerprint density at radius 2 is 1.59 bits per heavy atom. The Kier molecular flexibility index (Phi) is 5.25. The van der Waals surface area contributed by atoms with E-state index in [0.717, 1.165) is 24.2 Å². The normalized spacial score (nSPS) is 13.2. The Hall–Kier alpha value is -2.24. The molecule has 0 radical (unpaired) electrons. The molecule has 0 bridgehead atoms. The molecular formula is C20H22O2. The first kappa shape index (κ1) is 16.1. The Bertz CT molecular complexity index is 635. The van der Waals surface area contributed by atoms with Gasteiger partial charge in [-0.3, -0.25) is 0 Å². The van der Waals surface area contributed by atoms with Gasteiger partial charge in [0.15, 0.2) is 5.60 Å². The van der Waals surface area contributed by atoms with Gasteiger partial charge in [0.05, 0.1) is 6.61 Å². The average molecular weight is 294 g/mol. The van der Waals surface area contributed by atoms with E-state index in [2.05, 4.69) is 12.8 Å². The van der Waals surface area contributed by atoms with E-state index in [4.69, 9.17) is 11.2 Å². The van der Waals surface area contributed by atoms with Crippen LogP contribution in [0.1, 0.15) is 36.5 Å². The van der Waals surface area contributed by atoms with Crippen LogP contribution in [0.5, 0.6) is 5.75 Å². The lowest BCUT2D eigenvalue weighted by Gasteiger charge is -2.23. The molecule has 0 aliphatic carbocycles. The molecule has 1 atom stereocenters. The monoisotopic (exact) mass is 294 g/mol. The van der Waals surface area contributed by atoms with Gasteiger partial charge < -0.3 is 9.84 Å². The van der Waals surface area contributed by atoms with Crippen LogP contribution in [0.15, 0.2) is 48.5 Å². The highest BCUT2D eigenvalue weighted by Crippen LogP contribution is 2.30. The number of hydrogen-bond acceptors (Lipinski definition) is 2. The van der Waals surface area contributed by atoms with E-state index < -0.39 is 5.60 Å². The van der Waals surface area contributed by atoms with Gasteiger partial charge in [-0.05, 0) is 25.5 Å². The van der Waals surface area contributed by atoms with Crippen molar-refractivity contribution < 1.29 is 9.84 Å². The van der Waals surface area contributed by atoms with Gasteiger partial charge in [0, 0.05) is 11.1 Å². The third-order valence-corrected chi connectivity index (χ3v) is 3.72. The topological polar surface area (TPSA) is 29.5 Å². The predicted molar refractivity (Wildman–Crippen MR) is 89.9 cm³/mol. The molecule has 2 heteroatoms. The minimum atomic E-state index is -1.42. The smallest absolute Gasteiger partial charge is 0.176 e. The van der Waals surface area contributed by atoms with Crippen LogP contribution in [0.25, 0.3) is 0 Å². The molecule has 114 valence electrons. The van der Waals surface area contributed by atoms with Crippen molar-refractivity contribution in [3.63, 3.8) is 0 Å². The van der Waals surface area contributed by atoms with Crippen molar-refractivity contribution in [1.82, 2.24) is 0 Å². The lowest BCUT2D eigenvalue weighted by molar-refractivity contribution is 0.145. The molecule has 2 aromatic carbocycles. The van der Waals surface area contributed by atoms with E-state index in [1.54, 1.807) is 0 Å². The first-order valence-electron chi connectivity index (χ1n) is 7.60. The van der Waals surface area contributed by atoms with Crippen LogP contribution in [-0.2, 0) is 5.60 Å². The van der Waals surface area contributed by atoms with Crippen molar-refractivity contribution in [1.29, 1.82) is 0 Å². The molecule has 0 aromatic heterocycles. The minimum Gasteiger partial charge on any atom is -0.494 e. The van der Waals surface area contributed by atoms with E-state index in [1.807, 2.05) is 55.5 Å². The number of rotatable bonds is 6. The van der Waals surface area contributed by atoms with Crippen molar-refractivity contribution >= 4 is 0 Å². The van der Waals surface area contributed by atoms with Crippen molar-refractivity contribution in [3.05, 3.63) is 65.2 Å². The van der Waals surface area contributed by atoms with Gasteiger partial charge in [-0.2, -0.15) is 0 Å². The molecule has 0 heterocycles. The van der Waals surface area contributed by atoms with Gasteiger partial charge >= 0.3 is 0 Å². The lowest BCUT2D eigenvalue weighted by atomic mass is 9.87. The van der Waals surface area contributed by atoms with Gasteiger partial charge in [0.1, 0.15) is 5.75 Å². The van der Waals surface area contributed by atoms with Crippen LogP contribution in [0.3, 0.4) is 0 Å². The van der Waals surface area contributed by atoms with Crippen molar-refractivity contribution in [3.8, 4) is 18.1 Å². The Morgan fingerprint density at radius 1 is 1.05 bits per heavy atom. The Labute approximate surface area is 132 Å². The maximum Gasteiger partial charge on any atom is 0.176 e. The number of unbranched alkanes of at least 4 members (excludes halogenated alkanes) is 1. The zero-order chi connectivity index (χ0) is 16.0. The quantitative estimate of drug-likeness (QED) is 0.643. The first-order valence-corrected chi connectivity index (χ1v) is 7.60. The van der Waals surface area contributed by atoms with Crippen LogP contribution in [0.4, 0.5) is 0 Å². The number of benzene rings is 2. The summed E-state index contributed by atoms with van der Waals surface area (Å²) in [5.74, 6) is 3.31. The van der Waals surface area contributed by atoms with Gasteiger partial charge in [-0.25, -0.2) is 0 Å². The summed E-state index contributed by atoms with van der Waals surface area (Å²) in [4.78, 5) is 0. The van der Waals surface area contributed by atoms with E-state index >= 15 is 0 Å². The highest BCUT2D eigenvalue weighted by Gasteiger charge is 2.28. The van der Waals surface area contributed by atoms with Crippen LogP contribution >= 0.6 is 0 Å². The fourth-order valence-corrected chi connectivity index (χ4v) is 2.25. The number of hydrogen-bond donors (Lipinski definition) is 1. The SMILES string of the molecule is C#CC(O)(c1ccc(C)cc1)c1ccc(OCCCC)cc1. The molecule has 0 fully saturated rings. The molecule has 0 aliphatic heterocycles. The summed E-state index contributed by atoms with van der Waals surface area (Å²) < 4.78 is 5.64. The molecule has 2 aromatic rings. The van der Waals surface area contributed by atoms with E-state index in [1.165, 1.54) is 0 Å². The second kappa shape index (κ2) is 7.15. The Morgan fingerprint density at radius 3 is 2.09 bits per heavy atom. The van der Waals surface area contributed by atoms with Crippen LogP contribution in [0, 0.1) is 19.3 Å². The van der Waals surface area contributed by atoms with Crippen LogP contribution < -0.4 is 4.74 Å². The molecule has 0 amide bonds. The zero-order valence-electron chi connectivity index (χ0n) is 13.2. The summed E-state index contributed by atoms with van der Waals surface area (Å²) in [6.45, 7) is 4.83. The van der Waals surface area contributed by atoms with E-state index in [-0.39, 0.29) is 0 Å². The third kappa shape index (κ3) is 3.50. The fraction of sp³-hybridized carbons (Fsp3) is 0.300. The van der Waals surface area contributed by atoms with Crippen molar-refractivity contribution in [2.75, 3.05) is 6.61 Å². The number of aliphatic hydroxyl groups is 1. The molecule has 0 saturated carbocycles. The van der Waals surface area contributed by atoms with Crippen LogP contribution in [-0.4, -0.2) is 11.7 Å². The second-order valence-corrected chi connectivity index (χ2v) is 5.45. The molecule has 0 saturated heterocycles. The fourth-order valence-electron chi connectivity index (χ4n) is 2.25. The van der Waals surface area contributed by atoms with Crippen molar-refractivity contribution in [2.24, 2.45) is 0 Å². The molecule has 1 unspecified atom stereocenters. The van der Waals surface area contributed by atoms with Crippen LogP contribution in [0.2, 0.25) is 0 Å². The molecule has 0 spiro atoms. The predicted octanol–water partition coefficient (Wildman–Crippen LogP) is 4.04. The summed E-state index contributed by atoms with van der Waals surface area (Å²) in [5.41, 5.74) is 1.07. The molecule has 1 N–H and O–H groups in total. The summed E-state index contributed by atoms with van der Waals surface area (Å²) in [5, 5.41) is 10.9. The standard InChI is InChI=1S/C20H22O2/c1-4-6-15-22-19-13-11-18(12-14-19)20(21,5-2)17-9-7-16(3)8-10-17/h2,7-14,21H,4,6,15H2,1,3H3. The van der Waals surface area contributed by atoms with Crippen molar-refractivity contribution in [2.45, 2.75) is 32.3 Å².